The Bertz CT molecular complexity index is 980. The number of aromatic hydroxyl groups is 2. The van der Waals surface area contributed by atoms with Crippen molar-refractivity contribution in [2.45, 2.75) is 63.3 Å². The van der Waals surface area contributed by atoms with Gasteiger partial charge in [-0.25, -0.2) is 0 Å². The molecule has 178 valence electrons. The largest absolute Gasteiger partial charge is 0.494 e. The predicted molar refractivity (Wildman–Crippen MR) is 133 cm³/mol. The molecule has 1 aliphatic heterocycles. The van der Waals surface area contributed by atoms with Gasteiger partial charge in [-0.1, -0.05) is 30.5 Å². The van der Waals surface area contributed by atoms with Crippen LogP contribution >= 0.6 is 11.6 Å². The van der Waals surface area contributed by atoms with Gasteiger partial charge in [-0.3, -0.25) is 9.47 Å². The number of nitrogens with zero attached hydrogens (tertiary/aromatic N) is 3. The average Bonchev–Trinajstić information content (AvgIpc) is 3.51. The Morgan fingerprint density at radius 2 is 1.45 bits per heavy atom. The summed E-state index contributed by atoms with van der Waals surface area (Å²) in [5, 5.41) is 22.9. The summed E-state index contributed by atoms with van der Waals surface area (Å²) >= 11 is 6.20. The third-order valence-electron chi connectivity index (χ3n) is 9.05. The lowest BCUT2D eigenvalue weighted by Crippen LogP contribution is -2.48. The second-order valence-corrected chi connectivity index (χ2v) is 11.3. The van der Waals surface area contributed by atoms with Crippen molar-refractivity contribution in [3.05, 3.63) is 40.4 Å². The van der Waals surface area contributed by atoms with E-state index in [4.69, 9.17) is 11.6 Å². The fraction of sp³-hybridized carbons (Fsp3) is 0.630. The number of fused-ring (bicyclic) bond motifs is 5. The van der Waals surface area contributed by atoms with Gasteiger partial charge < -0.3 is 15.1 Å². The Hall–Kier alpha value is -1.85. The highest BCUT2D eigenvalue weighted by atomic mass is 35.5. The van der Waals surface area contributed by atoms with E-state index in [1.54, 1.807) is 0 Å². The molecule has 0 amide bonds. The number of halogens is 1. The van der Waals surface area contributed by atoms with Gasteiger partial charge in [-0.05, 0) is 74.0 Å². The van der Waals surface area contributed by atoms with Gasteiger partial charge in [0, 0.05) is 61.1 Å². The third kappa shape index (κ3) is 3.91. The Morgan fingerprint density at radius 1 is 0.818 bits per heavy atom. The van der Waals surface area contributed by atoms with Crippen molar-refractivity contribution in [1.82, 2.24) is 9.47 Å². The lowest BCUT2D eigenvalue weighted by atomic mass is 9.78. The number of benzene rings is 1. The Labute approximate surface area is 201 Å². The van der Waals surface area contributed by atoms with Crippen molar-refractivity contribution in [3.8, 4) is 11.8 Å². The number of aromatic nitrogens is 1. The molecule has 1 aromatic carbocycles. The molecule has 5 nitrogen and oxygen atoms in total. The summed E-state index contributed by atoms with van der Waals surface area (Å²) in [6, 6.07) is 8.18. The lowest BCUT2D eigenvalue weighted by molar-refractivity contribution is 0.130. The van der Waals surface area contributed by atoms with Crippen LogP contribution in [0.4, 0.5) is 5.69 Å². The molecule has 0 radical (unpaired) electrons. The maximum atomic E-state index is 11.0. The van der Waals surface area contributed by atoms with E-state index >= 15 is 0 Å². The van der Waals surface area contributed by atoms with E-state index in [1.165, 1.54) is 44.2 Å². The van der Waals surface area contributed by atoms with E-state index in [9.17, 15) is 10.2 Å². The number of anilines is 1. The lowest BCUT2D eigenvalue weighted by Gasteiger charge is -2.40. The second kappa shape index (κ2) is 8.74. The molecule has 4 aliphatic rings. The summed E-state index contributed by atoms with van der Waals surface area (Å²) in [6.07, 6.45) is 8.48. The summed E-state index contributed by atoms with van der Waals surface area (Å²) in [4.78, 5) is 5.06. The molecule has 6 heteroatoms. The zero-order valence-electron chi connectivity index (χ0n) is 19.4. The van der Waals surface area contributed by atoms with Crippen LogP contribution in [0.25, 0.3) is 0 Å². The van der Waals surface area contributed by atoms with E-state index in [-0.39, 0.29) is 0 Å². The molecule has 3 fully saturated rings. The van der Waals surface area contributed by atoms with Gasteiger partial charge in [0.15, 0.2) is 11.8 Å². The quantitative estimate of drug-likeness (QED) is 0.603. The molecular weight excluding hydrogens is 434 g/mol. The molecule has 3 aliphatic carbocycles. The Morgan fingerprint density at radius 3 is 2.09 bits per heavy atom. The molecule has 2 bridgehead atoms. The smallest absolute Gasteiger partial charge is 0.197 e. The molecule has 1 aromatic heterocycles. The highest BCUT2D eigenvalue weighted by molar-refractivity contribution is 6.30. The van der Waals surface area contributed by atoms with Crippen LogP contribution in [0.15, 0.2) is 24.3 Å². The first-order valence-corrected chi connectivity index (χ1v) is 13.3. The number of hydrogen-bond acceptors (Lipinski definition) is 4. The predicted octanol–water partition coefficient (Wildman–Crippen LogP) is 5.55. The minimum Gasteiger partial charge on any atom is -0.494 e. The summed E-state index contributed by atoms with van der Waals surface area (Å²) in [5.74, 6) is 2.82. The van der Waals surface area contributed by atoms with Crippen LogP contribution in [0.1, 0.15) is 67.9 Å². The van der Waals surface area contributed by atoms with Gasteiger partial charge in [-0.2, -0.15) is 0 Å². The van der Waals surface area contributed by atoms with E-state index in [0.717, 1.165) is 61.8 Å². The van der Waals surface area contributed by atoms with Gasteiger partial charge in [0.05, 0.1) is 0 Å². The zero-order chi connectivity index (χ0) is 22.5. The van der Waals surface area contributed by atoms with Gasteiger partial charge in [0.1, 0.15) is 0 Å². The molecule has 2 saturated carbocycles. The molecule has 0 spiro atoms. The van der Waals surface area contributed by atoms with Crippen LogP contribution < -0.4 is 4.90 Å². The van der Waals surface area contributed by atoms with Gasteiger partial charge in [0.2, 0.25) is 0 Å². The maximum absolute atomic E-state index is 11.0. The summed E-state index contributed by atoms with van der Waals surface area (Å²) in [6.45, 7) is 6.11. The van der Waals surface area contributed by atoms with Gasteiger partial charge >= 0.3 is 0 Å². The van der Waals surface area contributed by atoms with Crippen LogP contribution in [-0.2, 0) is 6.54 Å². The van der Waals surface area contributed by atoms with Crippen LogP contribution in [-0.4, -0.2) is 52.4 Å². The van der Waals surface area contributed by atoms with E-state index in [0.29, 0.717) is 35.4 Å². The first-order chi connectivity index (χ1) is 16.1. The normalized spacial score (nSPS) is 29.5. The number of rotatable bonds is 5. The molecule has 2 heterocycles. The third-order valence-corrected chi connectivity index (χ3v) is 9.29. The van der Waals surface area contributed by atoms with Crippen molar-refractivity contribution in [1.29, 1.82) is 0 Å². The van der Waals surface area contributed by atoms with Crippen molar-refractivity contribution in [2.75, 3.05) is 37.6 Å². The molecule has 4 unspecified atom stereocenters. The number of hydrogen-bond donors (Lipinski definition) is 2. The summed E-state index contributed by atoms with van der Waals surface area (Å²) < 4.78 is 1.87. The molecule has 1 saturated heterocycles. The fourth-order valence-electron chi connectivity index (χ4n) is 7.31. The van der Waals surface area contributed by atoms with Crippen LogP contribution in [0.3, 0.4) is 0 Å². The topological polar surface area (TPSA) is 51.9 Å². The van der Waals surface area contributed by atoms with Crippen LogP contribution in [0, 0.1) is 11.8 Å². The SMILES string of the molecule is Oc1c2c(c(O)n1CC1CCCCC1CN1CCN(c3cccc(Cl)c3)CC1)C1CCC2C1. The summed E-state index contributed by atoms with van der Waals surface area (Å²) in [7, 11) is 0. The van der Waals surface area contributed by atoms with Crippen molar-refractivity contribution in [2.24, 2.45) is 11.8 Å². The molecule has 2 N–H and O–H groups in total. The van der Waals surface area contributed by atoms with Crippen LogP contribution in [0.2, 0.25) is 5.02 Å². The minimum atomic E-state index is 0.370. The molecule has 2 aromatic rings. The fourth-order valence-corrected chi connectivity index (χ4v) is 7.49. The van der Waals surface area contributed by atoms with E-state index in [1.807, 2.05) is 16.7 Å². The minimum absolute atomic E-state index is 0.370. The molecular formula is C27H36ClN3O2. The van der Waals surface area contributed by atoms with Crippen molar-refractivity contribution >= 4 is 17.3 Å². The first-order valence-electron chi connectivity index (χ1n) is 13.0. The van der Waals surface area contributed by atoms with E-state index in [2.05, 4.69) is 21.9 Å². The monoisotopic (exact) mass is 469 g/mol. The molecule has 6 rings (SSSR count). The maximum Gasteiger partial charge on any atom is 0.197 e. The number of piperazine rings is 1. The van der Waals surface area contributed by atoms with Crippen molar-refractivity contribution < 1.29 is 10.2 Å². The van der Waals surface area contributed by atoms with Gasteiger partial charge in [-0.15, -0.1) is 0 Å². The molecule has 4 atom stereocenters. The van der Waals surface area contributed by atoms with E-state index < -0.39 is 0 Å². The standard InChI is InChI=1S/C27H36ClN3O2/c28-22-6-3-7-23(15-22)30-12-10-29(11-13-30)16-20-4-1-2-5-21(20)17-31-26(32)24-18-8-9-19(14-18)25(24)27(31)33/h3,6-7,15,18-21,32-33H,1-2,4-5,8-14,16-17H2. The first kappa shape index (κ1) is 21.7. The highest BCUT2D eigenvalue weighted by Crippen LogP contribution is 2.60. The highest BCUT2D eigenvalue weighted by Gasteiger charge is 2.44. The zero-order valence-corrected chi connectivity index (χ0v) is 20.2. The van der Waals surface area contributed by atoms with Gasteiger partial charge in [0.25, 0.3) is 0 Å². The second-order valence-electron chi connectivity index (χ2n) is 10.9. The summed E-state index contributed by atoms with van der Waals surface area (Å²) in [5.41, 5.74) is 3.37. The average molecular weight is 470 g/mol. The van der Waals surface area contributed by atoms with Crippen molar-refractivity contribution in [3.63, 3.8) is 0 Å². The molecule has 33 heavy (non-hydrogen) atoms. The van der Waals surface area contributed by atoms with Crippen LogP contribution in [0.5, 0.6) is 11.8 Å². The Kier molecular flexibility index (Phi) is 5.74. The Balaban J connectivity index is 1.11.